The predicted molar refractivity (Wildman–Crippen MR) is 83.7 cm³/mol. The molecule has 0 saturated heterocycles. The summed E-state index contributed by atoms with van der Waals surface area (Å²) in [7, 11) is 0. The topological polar surface area (TPSA) is 83.0 Å². The molecule has 22 heavy (non-hydrogen) atoms. The summed E-state index contributed by atoms with van der Waals surface area (Å²) in [6.07, 6.45) is 0.846. The molecule has 1 aromatic heterocycles. The van der Waals surface area contributed by atoms with Crippen LogP contribution in [0.4, 0.5) is 0 Å². The second kappa shape index (κ2) is 7.17. The first kappa shape index (κ1) is 16.2. The van der Waals surface area contributed by atoms with E-state index in [2.05, 4.69) is 24.2 Å². The van der Waals surface area contributed by atoms with Gasteiger partial charge in [-0.3, -0.25) is 0 Å². The summed E-state index contributed by atoms with van der Waals surface area (Å²) < 4.78 is 6.77. The zero-order valence-corrected chi connectivity index (χ0v) is 13.2. The van der Waals surface area contributed by atoms with Gasteiger partial charge in [-0.25, -0.2) is 9.48 Å². The Morgan fingerprint density at radius 3 is 2.55 bits per heavy atom. The number of carbonyl (C=O) groups excluding carboxylic acids is 1. The lowest BCUT2D eigenvalue weighted by Crippen LogP contribution is -2.10. The molecule has 0 amide bonds. The standard InChI is InChI=1S/C16H22N4O2/c1-4-22-16(21)12-5-7-13(8-6-12)20-15(9-11(2)3)14(10-17)18-19-20/h5-8,11H,4,9-10,17H2,1-3H3. The van der Waals surface area contributed by atoms with Gasteiger partial charge in [0.1, 0.15) is 0 Å². The van der Waals surface area contributed by atoms with Gasteiger partial charge >= 0.3 is 5.97 Å². The molecule has 2 aromatic rings. The fraction of sp³-hybridized carbons (Fsp3) is 0.438. The molecule has 0 bridgehead atoms. The Morgan fingerprint density at radius 1 is 1.32 bits per heavy atom. The van der Waals surface area contributed by atoms with Crippen LogP contribution in [0.1, 0.15) is 42.5 Å². The second-order valence-corrected chi connectivity index (χ2v) is 5.46. The Labute approximate surface area is 130 Å². The van der Waals surface area contributed by atoms with Crippen LogP contribution in [-0.2, 0) is 17.7 Å². The van der Waals surface area contributed by atoms with Crippen molar-refractivity contribution in [2.75, 3.05) is 6.61 Å². The van der Waals surface area contributed by atoms with Crippen LogP contribution in [-0.4, -0.2) is 27.6 Å². The van der Waals surface area contributed by atoms with Crippen molar-refractivity contribution in [3.8, 4) is 5.69 Å². The van der Waals surface area contributed by atoms with Crippen LogP contribution < -0.4 is 5.73 Å². The average Bonchev–Trinajstić information content (AvgIpc) is 2.89. The van der Waals surface area contributed by atoms with Gasteiger partial charge in [0.05, 0.1) is 29.2 Å². The molecule has 0 radical (unpaired) electrons. The summed E-state index contributed by atoms with van der Waals surface area (Å²) in [4.78, 5) is 11.7. The maximum atomic E-state index is 11.7. The first-order chi connectivity index (χ1) is 10.6. The van der Waals surface area contributed by atoms with Crippen molar-refractivity contribution < 1.29 is 9.53 Å². The summed E-state index contributed by atoms with van der Waals surface area (Å²) in [5.41, 5.74) is 8.94. The summed E-state index contributed by atoms with van der Waals surface area (Å²) in [5, 5.41) is 8.34. The van der Waals surface area contributed by atoms with Crippen molar-refractivity contribution in [3.05, 3.63) is 41.2 Å². The maximum Gasteiger partial charge on any atom is 0.338 e. The van der Waals surface area contributed by atoms with Gasteiger partial charge in [-0.15, -0.1) is 5.10 Å². The Kier molecular flexibility index (Phi) is 5.27. The van der Waals surface area contributed by atoms with E-state index in [1.807, 2.05) is 12.1 Å². The summed E-state index contributed by atoms with van der Waals surface area (Å²) in [5.74, 6) is 0.152. The minimum atomic E-state index is -0.322. The van der Waals surface area contributed by atoms with Crippen molar-refractivity contribution in [1.29, 1.82) is 0 Å². The minimum absolute atomic E-state index is 0.322. The van der Waals surface area contributed by atoms with Crippen LogP contribution >= 0.6 is 0 Å². The summed E-state index contributed by atoms with van der Waals surface area (Å²) >= 11 is 0. The zero-order chi connectivity index (χ0) is 16.1. The first-order valence-corrected chi connectivity index (χ1v) is 7.47. The fourth-order valence-corrected chi connectivity index (χ4v) is 2.24. The maximum absolute atomic E-state index is 11.7. The number of nitrogens with two attached hydrogens (primary N) is 1. The Hall–Kier alpha value is -2.21. The highest BCUT2D eigenvalue weighted by molar-refractivity contribution is 5.89. The number of benzene rings is 1. The predicted octanol–water partition coefficient (Wildman–Crippen LogP) is 2.10. The van der Waals surface area contributed by atoms with Crippen LogP contribution in [0.25, 0.3) is 5.69 Å². The van der Waals surface area contributed by atoms with Gasteiger partial charge in [0.2, 0.25) is 0 Å². The third-order valence-corrected chi connectivity index (χ3v) is 3.26. The van der Waals surface area contributed by atoms with E-state index in [1.165, 1.54) is 0 Å². The Balaban J connectivity index is 2.32. The second-order valence-electron chi connectivity index (χ2n) is 5.46. The number of rotatable bonds is 6. The molecule has 0 spiro atoms. The lowest BCUT2D eigenvalue weighted by atomic mass is 10.1. The van der Waals surface area contributed by atoms with E-state index in [1.54, 1.807) is 23.7 Å². The van der Waals surface area contributed by atoms with Crippen molar-refractivity contribution >= 4 is 5.97 Å². The van der Waals surface area contributed by atoms with E-state index < -0.39 is 0 Å². The van der Waals surface area contributed by atoms with Crippen molar-refractivity contribution in [2.45, 2.75) is 33.7 Å². The van der Waals surface area contributed by atoms with Crippen LogP contribution in [0.5, 0.6) is 0 Å². The van der Waals surface area contributed by atoms with Gasteiger partial charge in [0, 0.05) is 6.54 Å². The molecular formula is C16H22N4O2. The van der Waals surface area contributed by atoms with Gasteiger partial charge in [-0.05, 0) is 43.5 Å². The average molecular weight is 302 g/mol. The van der Waals surface area contributed by atoms with Gasteiger partial charge in [-0.1, -0.05) is 19.1 Å². The molecule has 6 heteroatoms. The molecule has 0 aliphatic rings. The van der Waals surface area contributed by atoms with Crippen molar-refractivity contribution in [1.82, 2.24) is 15.0 Å². The normalized spacial score (nSPS) is 11.0. The molecule has 0 saturated carbocycles. The largest absolute Gasteiger partial charge is 0.462 e. The number of ether oxygens (including phenoxy) is 1. The third-order valence-electron chi connectivity index (χ3n) is 3.26. The number of carbonyl (C=O) groups is 1. The molecule has 0 fully saturated rings. The number of aromatic nitrogens is 3. The number of nitrogens with zero attached hydrogens (tertiary/aromatic N) is 3. The SMILES string of the molecule is CCOC(=O)c1ccc(-n2nnc(CN)c2CC(C)C)cc1. The van der Waals surface area contributed by atoms with E-state index in [-0.39, 0.29) is 5.97 Å². The number of hydrogen-bond acceptors (Lipinski definition) is 5. The van der Waals surface area contributed by atoms with Gasteiger partial charge in [-0.2, -0.15) is 0 Å². The highest BCUT2D eigenvalue weighted by Gasteiger charge is 2.15. The van der Waals surface area contributed by atoms with Crippen LogP contribution in [0.15, 0.2) is 24.3 Å². The lowest BCUT2D eigenvalue weighted by Gasteiger charge is -2.10. The number of hydrogen-bond donors (Lipinski definition) is 1. The third kappa shape index (κ3) is 3.51. The van der Waals surface area contributed by atoms with E-state index in [0.717, 1.165) is 23.5 Å². The van der Waals surface area contributed by atoms with Crippen molar-refractivity contribution in [3.63, 3.8) is 0 Å². The van der Waals surface area contributed by atoms with Crippen LogP contribution in [0.3, 0.4) is 0 Å². The molecule has 0 unspecified atom stereocenters. The Morgan fingerprint density at radius 2 is 2.00 bits per heavy atom. The molecular weight excluding hydrogens is 280 g/mol. The van der Waals surface area contributed by atoms with Gasteiger partial charge in [0.25, 0.3) is 0 Å². The van der Waals surface area contributed by atoms with E-state index in [4.69, 9.17) is 10.5 Å². The van der Waals surface area contributed by atoms with Crippen molar-refractivity contribution in [2.24, 2.45) is 11.7 Å². The molecule has 1 aromatic carbocycles. The fourth-order valence-electron chi connectivity index (χ4n) is 2.24. The first-order valence-electron chi connectivity index (χ1n) is 7.47. The highest BCUT2D eigenvalue weighted by atomic mass is 16.5. The van der Waals surface area contributed by atoms with E-state index >= 15 is 0 Å². The van der Waals surface area contributed by atoms with Crippen LogP contribution in [0, 0.1) is 5.92 Å². The zero-order valence-electron chi connectivity index (χ0n) is 13.2. The lowest BCUT2D eigenvalue weighted by molar-refractivity contribution is 0.0526. The minimum Gasteiger partial charge on any atom is -0.462 e. The highest BCUT2D eigenvalue weighted by Crippen LogP contribution is 2.17. The molecule has 0 aliphatic carbocycles. The Bertz CT molecular complexity index is 632. The molecule has 0 atom stereocenters. The molecule has 2 rings (SSSR count). The smallest absolute Gasteiger partial charge is 0.338 e. The summed E-state index contributed by atoms with van der Waals surface area (Å²) in [6, 6.07) is 7.14. The summed E-state index contributed by atoms with van der Waals surface area (Å²) in [6.45, 7) is 6.79. The van der Waals surface area contributed by atoms with Gasteiger partial charge in [0.15, 0.2) is 0 Å². The molecule has 118 valence electrons. The van der Waals surface area contributed by atoms with Crippen LogP contribution in [0.2, 0.25) is 0 Å². The molecule has 6 nitrogen and oxygen atoms in total. The molecule has 0 aliphatic heterocycles. The monoisotopic (exact) mass is 302 g/mol. The molecule has 1 heterocycles. The quantitative estimate of drug-likeness (QED) is 0.826. The van der Waals surface area contributed by atoms with E-state index in [0.29, 0.717) is 24.6 Å². The molecule has 2 N–H and O–H groups in total. The van der Waals surface area contributed by atoms with Gasteiger partial charge < -0.3 is 10.5 Å². The van der Waals surface area contributed by atoms with E-state index in [9.17, 15) is 4.79 Å². The number of esters is 1.